The third kappa shape index (κ3) is 4.26. The standard InChI is InChI=1S/C27H28Cl2N2OS/c1-2-14-31-25(32)23-24(30-26(31)33-17-19-10-11-20(28)15-22(19)29)21-9-5-4-8-18(21)16-27(23)12-6-3-7-13-27/h4-5,8-11,15H,2-3,6-7,12-14,16-17H2,1H3. The lowest BCUT2D eigenvalue weighted by Crippen LogP contribution is -2.43. The lowest BCUT2D eigenvalue weighted by atomic mass is 9.62. The van der Waals surface area contributed by atoms with Crippen LogP contribution in [-0.2, 0) is 24.1 Å². The second kappa shape index (κ2) is 9.48. The van der Waals surface area contributed by atoms with Crippen LogP contribution in [0.15, 0.2) is 52.4 Å². The molecule has 0 aliphatic heterocycles. The average Bonchev–Trinajstić information content (AvgIpc) is 2.81. The lowest BCUT2D eigenvalue weighted by molar-refractivity contribution is 0.282. The number of benzene rings is 2. The first-order valence-corrected chi connectivity index (χ1v) is 13.6. The minimum absolute atomic E-state index is 0.0792. The number of fused-ring (bicyclic) bond motifs is 4. The third-order valence-corrected chi connectivity index (χ3v) is 8.71. The van der Waals surface area contributed by atoms with Gasteiger partial charge in [-0.05, 0) is 48.9 Å². The molecule has 0 amide bonds. The van der Waals surface area contributed by atoms with Crippen LogP contribution < -0.4 is 5.56 Å². The summed E-state index contributed by atoms with van der Waals surface area (Å²) in [6, 6.07) is 14.1. The van der Waals surface area contributed by atoms with Crippen LogP contribution in [0.3, 0.4) is 0 Å². The van der Waals surface area contributed by atoms with Crippen molar-refractivity contribution in [3.8, 4) is 11.3 Å². The van der Waals surface area contributed by atoms with Crippen LogP contribution in [0.2, 0.25) is 10.0 Å². The van der Waals surface area contributed by atoms with Crippen LogP contribution in [0, 0.1) is 0 Å². The van der Waals surface area contributed by atoms with Gasteiger partial charge in [0.05, 0.1) is 11.3 Å². The molecule has 2 aromatic carbocycles. The maximum absolute atomic E-state index is 14.1. The maximum Gasteiger partial charge on any atom is 0.258 e. The first kappa shape index (κ1) is 23.0. The molecule has 1 aromatic heterocycles. The van der Waals surface area contributed by atoms with Crippen LogP contribution >= 0.6 is 35.0 Å². The zero-order valence-electron chi connectivity index (χ0n) is 18.9. The molecule has 172 valence electrons. The van der Waals surface area contributed by atoms with Gasteiger partial charge in [0.25, 0.3) is 5.56 Å². The normalized spacial score (nSPS) is 16.5. The highest BCUT2D eigenvalue weighted by Crippen LogP contribution is 2.49. The van der Waals surface area contributed by atoms with Gasteiger partial charge in [-0.15, -0.1) is 0 Å². The molecular weight excluding hydrogens is 471 g/mol. The van der Waals surface area contributed by atoms with Crippen molar-refractivity contribution in [3.63, 3.8) is 0 Å². The largest absolute Gasteiger partial charge is 0.287 e. The fraction of sp³-hybridized carbons (Fsp3) is 0.407. The van der Waals surface area contributed by atoms with Crippen molar-refractivity contribution >= 4 is 35.0 Å². The van der Waals surface area contributed by atoms with Gasteiger partial charge in [-0.25, -0.2) is 4.98 Å². The number of hydrogen-bond donors (Lipinski definition) is 0. The van der Waals surface area contributed by atoms with Crippen LogP contribution in [0.25, 0.3) is 11.3 Å². The first-order valence-electron chi connectivity index (χ1n) is 11.8. The molecule has 3 aromatic rings. The predicted octanol–water partition coefficient (Wildman–Crippen LogP) is 7.68. The summed E-state index contributed by atoms with van der Waals surface area (Å²) in [4.78, 5) is 19.3. The van der Waals surface area contributed by atoms with E-state index in [0.717, 1.165) is 53.2 Å². The van der Waals surface area contributed by atoms with E-state index in [1.165, 1.54) is 24.8 Å². The van der Waals surface area contributed by atoms with Gasteiger partial charge in [-0.3, -0.25) is 9.36 Å². The van der Waals surface area contributed by atoms with Crippen molar-refractivity contribution in [1.29, 1.82) is 0 Å². The van der Waals surface area contributed by atoms with Crippen LogP contribution in [0.4, 0.5) is 0 Å². The SMILES string of the molecule is CCCn1c(SCc2ccc(Cl)cc2Cl)nc2c(c1=O)C1(CCCCC1)Cc1ccccc1-2. The minimum atomic E-state index is -0.0792. The zero-order valence-corrected chi connectivity index (χ0v) is 21.2. The van der Waals surface area contributed by atoms with Gasteiger partial charge >= 0.3 is 0 Å². The quantitative estimate of drug-likeness (QED) is 0.267. The van der Waals surface area contributed by atoms with Crippen molar-refractivity contribution < 1.29 is 0 Å². The lowest BCUT2D eigenvalue weighted by Gasteiger charge is -2.42. The Bertz CT molecular complexity index is 1250. The van der Waals surface area contributed by atoms with E-state index < -0.39 is 0 Å². The Morgan fingerprint density at radius 2 is 1.88 bits per heavy atom. The van der Waals surface area contributed by atoms with E-state index in [-0.39, 0.29) is 11.0 Å². The van der Waals surface area contributed by atoms with Gasteiger partial charge in [0.2, 0.25) is 0 Å². The van der Waals surface area contributed by atoms with Gasteiger partial charge in [-0.1, -0.05) is 91.5 Å². The highest BCUT2D eigenvalue weighted by molar-refractivity contribution is 7.98. The molecule has 1 saturated carbocycles. The molecule has 0 unspecified atom stereocenters. The van der Waals surface area contributed by atoms with Gasteiger partial charge in [0, 0.05) is 33.3 Å². The summed E-state index contributed by atoms with van der Waals surface area (Å²) < 4.78 is 1.91. The molecular formula is C27H28Cl2N2OS. The molecule has 3 nitrogen and oxygen atoms in total. The van der Waals surface area contributed by atoms with Gasteiger partial charge in [0.15, 0.2) is 5.16 Å². The topological polar surface area (TPSA) is 34.9 Å². The predicted molar refractivity (Wildman–Crippen MR) is 139 cm³/mol. The third-order valence-electron chi connectivity index (χ3n) is 7.10. The number of hydrogen-bond acceptors (Lipinski definition) is 3. The van der Waals surface area contributed by atoms with Gasteiger partial charge < -0.3 is 0 Å². The maximum atomic E-state index is 14.1. The Kier molecular flexibility index (Phi) is 6.61. The Morgan fingerprint density at radius 1 is 1.09 bits per heavy atom. The average molecular weight is 500 g/mol. The summed E-state index contributed by atoms with van der Waals surface area (Å²) >= 11 is 14.1. The van der Waals surface area contributed by atoms with E-state index in [1.807, 2.05) is 16.7 Å². The second-order valence-electron chi connectivity index (χ2n) is 9.27. The summed E-state index contributed by atoms with van der Waals surface area (Å²) in [5.74, 6) is 0.637. The first-order chi connectivity index (χ1) is 16.0. The summed E-state index contributed by atoms with van der Waals surface area (Å²) in [6.45, 7) is 2.79. The van der Waals surface area contributed by atoms with Gasteiger partial charge in [0.1, 0.15) is 0 Å². The summed E-state index contributed by atoms with van der Waals surface area (Å²) in [7, 11) is 0. The highest BCUT2D eigenvalue weighted by atomic mass is 35.5. The molecule has 1 fully saturated rings. The molecule has 33 heavy (non-hydrogen) atoms. The molecule has 0 atom stereocenters. The number of rotatable bonds is 5. The smallest absolute Gasteiger partial charge is 0.258 e. The summed E-state index contributed by atoms with van der Waals surface area (Å²) in [6.07, 6.45) is 7.60. The van der Waals surface area contributed by atoms with E-state index in [4.69, 9.17) is 28.2 Å². The Morgan fingerprint density at radius 3 is 2.64 bits per heavy atom. The molecule has 0 saturated heterocycles. The van der Waals surface area contributed by atoms with Crippen molar-refractivity contribution in [2.45, 2.75) is 74.7 Å². The summed E-state index contributed by atoms with van der Waals surface area (Å²) in [5.41, 5.74) is 5.38. The molecule has 0 N–H and O–H groups in total. The fourth-order valence-corrected chi connectivity index (χ4v) is 7.11. The molecule has 5 rings (SSSR count). The molecule has 1 spiro atoms. The second-order valence-corrected chi connectivity index (χ2v) is 11.1. The monoisotopic (exact) mass is 498 g/mol. The number of thioether (sulfide) groups is 1. The van der Waals surface area contributed by atoms with Crippen LogP contribution in [0.1, 0.15) is 62.1 Å². The van der Waals surface area contributed by atoms with E-state index in [2.05, 4.69) is 31.2 Å². The Balaban J connectivity index is 1.64. The van der Waals surface area contributed by atoms with Crippen molar-refractivity contribution in [2.75, 3.05) is 0 Å². The number of aromatic nitrogens is 2. The van der Waals surface area contributed by atoms with Crippen molar-refractivity contribution in [1.82, 2.24) is 9.55 Å². The molecule has 2 aliphatic rings. The number of halogens is 2. The Hall–Kier alpha value is -1.75. The number of nitrogens with zero attached hydrogens (tertiary/aromatic N) is 2. The minimum Gasteiger partial charge on any atom is -0.287 e. The molecule has 0 bridgehead atoms. The summed E-state index contributed by atoms with van der Waals surface area (Å²) in [5, 5.41) is 2.04. The van der Waals surface area contributed by atoms with E-state index in [1.54, 1.807) is 17.8 Å². The molecule has 6 heteroatoms. The van der Waals surface area contributed by atoms with Crippen molar-refractivity contribution in [3.05, 3.63) is 79.6 Å². The van der Waals surface area contributed by atoms with E-state index >= 15 is 0 Å². The van der Waals surface area contributed by atoms with Crippen LogP contribution in [-0.4, -0.2) is 9.55 Å². The zero-order chi connectivity index (χ0) is 23.0. The highest BCUT2D eigenvalue weighted by Gasteiger charge is 2.43. The molecule has 2 aliphatic carbocycles. The van der Waals surface area contributed by atoms with E-state index in [9.17, 15) is 4.79 Å². The molecule has 1 heterocycles. The molecule has 0 radical (unpaired) electrons. The van der Waals surface area contributed by atoms with Gasteiger partial charge in [-0.2, -0.15) is 0 Å². The fourth-order valence-electron chi connectivity index (χ4n) is 5.53. The Labute approximate surface area is 209 Å². The van der Waals surface area contributed by atoms with Crippen molar-refractivity contribution in [2.24, 2.45) is 0 Å². The van der Waals surface area contributed by atoms with Crippen LogP contribution in [0.5, 0.6) is 0 Å². The van der Waals surface area contributed by atoms with E-state index in [0.29, 0.717) is 22.3 Å².